The molecule has 1 heterocycles. The van der Waals surface area contributed by atoms with Gasteiger partial charge in [-0.1, -0.05) is 13.8 Å². The van der Waals surface area contributed by atoms with E-state index in [9.17, 15) is 0 Å². The summed E-state index contributed by atoms with van der Waals surface area (Å²) in [5.41, 5.74) is 2.24. The molecule has 0 N–H and O–H groups in total. The summed E-state index contributed by atoms with van der Waals surface area (Å²) in [6.45, 7) is 4.33. The van der Waals surface area contributed by atoms with Crippen LogP contribution in [0.2, 0.25) is 0 Å². The number of hydrogen-bond acceptors (Lipinski definition) is 2. The van der Waals surface area contributed by atoms with E-state index in [2.05, 4.69) is 31.0 Å². The summed E-state index contributed by atoms with van der Waals surface area (Å²) in [5, 5.41) is 9.13. The van der Waals surface area contributed by atoms with Gasteiger partial charge in [0, 0.05) is 6.20 Å². The van der Waals surface area contributed by atoms with E-state index in [0.717, 1.165) is 5.69 Å². The van der Waals surface area contributed by atoms with Crippen molar-refractivity contribution in [2.45, 2.75) is 38.5 Å². The Hall–Kier alpha value is -1.36. The van der Waals surface area contributed by atoms with Crippen LogP contribution in [0.5, 0.6) is 0 Å². The van der Waals surface area contributed by atoms with Gasteiger partial charge < -0.3 is 0 Å². The fraction of sp³-hybridized carbons (Fsp3) is 0.538. The molecule has 2 rings (SSSR count). The predicted molar refractivity (Wildman–Crippen MR) is 59.4 cm³/mol. The highest BCUT2D eigenvalue weighted by atomic mass is 14.7. The van der Waals surface area contributed by atoms with Crippen LogP contribution in [0.3, 0.4) is 0 Å². The summed E-state index contributed by atoms with van der Waals surface area (Å²) >= 11 is 0. The molecule has 1 aliphatic carbocycles. The van der Waals surface area contributed by atoms with Crippen molar-refractivity contribution in [2.24, 2.45) is 5.92 Å². The van der Waals surface area contributed by atoms with Crippen LogP contribution in [0.1, 0.15) is 49.8 Å². The van der Waals surface area contributed by atoms with Crippen LogP contribution in [-0.4, -0.2) is 4.98 Å². The first-order valence-corrected chi connectivity index (χ1v) is 5.58. The Balaban J connectivity index is 2.27. The van der Waals surface area contributed by atoms with Crippen LogP contribution in [-0.2, 0) is 0 Å². The van der Waals surface area contributed by atoms with Gasteiger partial charge in [-0.2, -0.15) is 5.26 Å². The fourth-order valence-corrected chi connectivity index (χ4v) is 1.84. The standard InChI is InChI=1S/C13H16N2/c1-9(2)11-5-6-15-13(7-11)12(8-14)10-3-4-10/h5-7,9-10,12H,3-4H2,1-2H3. The second-order valence-corrected chi connectivity index (χ2v) is 4.61. The molecule has 1 aromatic rings. The van der Waals surface area contributed by atoms with Crippen LogP contribution in [0.15, 0.2) is 18.3 Å². The highest BCUT2D eigenvalue weighted by Crippen LogP contribution is 2.41. The number of aromatic nitrogens is 1. The zero-order valence-electron chi connectivity index (χ0n) is 9.27. The largest absolute Gasteiger partial charge is 0.260 e. The maximum absolute atomic E-state index is 9.13. The highest BCUT2D eigenvalue weighted by Gasteiger charge is 2.33. The lowest BCUT2D eigenvalue weighted by Crippen LogP contribution is -2.02. The Morgan fingerprint density at radius 3 is 2.73 bits per heavy atom. The van der Waals surface area contributed by atoms with Crippen molar-refractivity contribution < 1.29 is 0 Å². The molecule has 0 aliphatic heterocycles. The Bertz CT molecular complexity index is 386. The minimum absolute atomic E-state index is 0.0173. The third-order valence-electron chi connectivity index (χ3n) is 3.02. The summed E-state index contributed by atoms with van der Waals surface area (Å²) < 4.78 is 0. The minimum atomic E-state index is 0.0173. The van der Waals surface area contributed by atoms with Gasteiger partial charge in [0.05, 0.1) is 17.7 Å². The Morgan fingerprint density at radius 1 is 1.47 bits per heavy atom. The molecule has 1 saturated carbocycles. The molecular formula is C13H16N2. The maximum Gasteiger partial charge on any atom is 0.0912 e. The van der Waals surface area contributed by atoms with E-state index >= 15 is 0 Å². The van der Waals surface area contributed by atoms with E-state index in [1.165, 1.54) is 18.4 Å². The summed E-state index contributed by atoms with van der Waals surface area (Å²) in [7, 11) is 0. The van der Waals surface area contributed by atoms with Crippen molar-refractivity contribution in [3.63, 3.8) is 0 Å². The topological polar surface area (TPSA) is 36.7 Å². The summed E-state index contributed by atoms with van der Waals surface area (Å²) in [6, 6.07) is 6.52. The zero-order chi connectivity index (χ0) is 10.8. The van der Waals surface area contributed by atoms with Gasteiger partial charge in [0.15, 0.2) is 0 Å². The number of rotatable bonds is 3. The molecule has 0 radical (unpaired) electrons. The highest BCUT2D eigenvalue weighted by molar-refractivity contribution is 5.26. The summed E-state index contributed by atoms with van der Waals surface area (Å²) in [5.74, 6) is 1.08. The number of nitriles is 1. The normalized spacial score (nSPS) is 17.5. The monoisotopic (exact) mass is 200 g/mol. The van der Waals surface area contributed by atoms with Crippen LogP contribution >= 0.6 is 0 Å². The number of hydrogen-bond donors (Lipinski definition) is 0. The van der Waals surface area contributed by atoms with Gasteiger partial charge in [-0.05, 0) is 42.4 Å². The van der Waals surface area contributed by atoms with Crippen LogP contribution in [0.4, 0.5) is 0 Å². The van der Waals surface area contributed by atoms with Crippen molar-refractivity contribution in [1.29, 1.82) is 5.26 Å². The lowest BCUT2D eigenvalue weighted by Gasteiger charge is -2.10. The van der Waals surface area contributed by atoms with Crippen molar-refractivity contribution in [3.05, 3.63) is 29.6 Å². The SMILES string of the molecule is CC(C)c1ccnc(C(C#N)C2CC2)c1. The van der Waals surface area contributed by atoms with Crippen molar-refractivity contribution in [3.8, 4) is 6.07 Å². The van der Waals surface area contributed by atoms with Crippen LogP contribution < -0.4 is 0 Å². The van der Waals surface area contributed by atoms with Gasteiger partial charge in [-0.25, -0.2) is 0 Å². The van der Waals surface area contributed by atoms with Gasteiger partial charge in [0.1, 0.15) is 0 Å². The molecule has 1 fully saturated rings. The van der Waals surface area contributed by atoms with Crippen LogP contribution in [0.25, 0.3) is 0 Å². The molecule has 78 valence electrons. The zero-order valence-corrected chi connectivity index (χ0v) is 9.27. The van der Waals surface area contributed by atoms with E-state index in [-0.39, 0.29) is 5.92 Å². The quantitative estimate of drug-likeness (QED) is 0.751. The second kappa shape index (κ2) is 4.02. The molecule has 1 aromatic heterocycles. The molecule has 15 heavy (non-hydrogen) atoms. The van der Waals surface area contributed by atoms with E-state index in [1.807, 2.05) is 12.3 Å². The summed E-state index contributed by atoms with van der Waals surface area (Å²) in [6.07, 6.45) is 4.20. The van der Waals surface area contributed by atoms with E-state index < -0.39 is 0 Å². The van der Waals surface area contributed by atoms with Gasteiger partial charge >= 0.3 is 0 Å². The summed E-state index contributed by atoms with van der Waals surface area (Å²) in [4.78, 5) is 4.33. The van der Waals surface area contributed by atoms with Crippen molar-refractivity contribution in [2.75, 3.05) is 0 Å². The third kappa shape index (κ3) is 2.18. The first kappa shape index (κ1) is 10.2. The molecule has 2 heteroatoms. The Morgan fingerprint density at radius 2 is 2.20 bits per heavy atom. The van der Waals surface area contributed by atoms with Crippen molar-refractivity contribution >= 4 is 0 Å². The molecule has 0 aromatic carbocycles. The van der Waals surface area contributed by atoms with Gasteiger partial charge in [0.25, 0.3) is 0 Å². The lowest BCUT2D eigenvalue weighted by atomic mass is 9.96. The average molecular weight is 200 g/mol. The lowest BCUT2D eigenvalue weighted by molar-refractivity contribution is 0.711. The Kier molecular flexibility index (Phi) is 2.73. The first-order chi connectivity index (χ1) is 7.22. The number of pyridine rings is 1. The molecule has 1 unspecified atom stereocenters. The predicted octanol–water partition coefficient (Wildman–Crippen LogP) is 3.22. The van der Waals surface area contributed by atoms with E-state index in [0.29, 0.717) is 11.8 Å². The third-order valence-corrected chi connectivity index (χ3v) is 3.02. The molecule has 1 atom stereocenters. The van der Waals surface area contributed by atoms with E-state index in [4.69, 9.17) is 5.26 Å². The molecule has 1 aliphatic rings. The molecular weight excluding hydrogens is 184 g/mol. The van der Waals surface area contributed by atoms with Gasteiger partial charge in [-0.3, -0.25) is 4.98 Å². The molecule has 0 saturated heterocycles. The minimum Gasteiger partial charge on any atom is -0.260 e. The van der Waals surface area contributed by atoms with E-state index in [1.54, 1.807) is 0 Å². The molecule has 0 spiro atoms. The average Bonchev–Trinajstić information content (AvgIpc) is 3.04. The maximum atomic E-state index is 9.13. The molecule has 2 nitrogen and oxygen atoms in total. The first-order valence-electron chi connectivity index (χ1n) is 5.58. The van der Waals surface area contributed by atoms with Crippen molar-refractivity contribution in [1.82, 2.24) is 4.98 Å². The van der Waals surface area contributed by atoms with Crippen LogP contribution in [0, 0.1) is 17.2 Å². The second-order valence-electron chi connectivity index (χ2n) is 4.61. The molecule has 0 bridgehead atoms. The van der Waals surface area contributed by atoms with Gasteiger partial charge in [0.2, 0.25) is 0 Å². The van der Waals surface area contributed by atoms with Gasteiger partial charge in [-0.15, -0.1) is 0 Å². The smallest absolute Gasteiger partial charge is 0.0912 e. The molecule has 0 amide bonds. The Labute approximate surface area is 91.0 Å². The number of nitrogens with zero attached hydrogens (tertiary/aromatic N) is 2. The fourth-order valence-electron chi connectivity index (χ4n) is 1.84.